The minimum Gasteiger partial charge on any atom is -0.596 e. The Morgan fingerprint density at radius 2 is 1.56 bits per heavy atom. The van der Waals surface area contributed by atoms with Gasteiger partial charge in [-0.3, -0.25) is 0 Å². The number of carbonyl (C=O) groups is 2. The van der Waals surface area contributed by atoms with Crippen LogP contribution in [0.5, 0.6) is 0 Å². The zero-order valence-corrected chi connectivity index (χ0v) is 11.7. The number of piperidine rings is 1. The van der Waals surface area contributed by atoms with E-state index in [9.17, 15) is 9.59 Å². The van der Waals surface area contributed by atoms with Crippen molar-refractivity contribution in [2.45, 2.75) is 19.3 Å². The number of rotatable bonds is 0. The zero-order chi connectivity index (χ0) is 5.98. The van der Waals surface area contributed by atoms with Gasteiger partial charge in [-0.15, -0.1) is 0 Å². The number of amides is 2. The van der Waals surface area contributed by atoms with Gasteiger partial charge in [-0.2, -0.15) is 0 Å². The molecule has 0 aromatic carbocycles. The van der Waals surface area contributed by atoms with E-state index in [1.54, 1.807) is 0 Å². The normalized spacial score (nSPS) is 18.2. The van der Waals surface area contributed by atoms with E-state index in [-0.39, 0.29) is 80.7 Å². The first-order valence-electron chi connectivity index (χ1n) is 2.56. The van der Waals surface area contributed by atoms with Crippen molar-refractivity contribution in [1.29, 1.82) is 0 Å². The smallest absolute Gasteiger partial charge is 0.596 e. The van der Waals surface area contributed by atoms with Gasteiger partial charge in [0, 0.05) is 0 Å². The van der Waals surface area contributed by atoms with Gasteiger partial charge in [0.15, 0.2) is 0 Å². The molecule has 1 saturated heterocycles. The van der Waals surface area contributed by atoms with Crippen molar-refractivity contribution in [1.82, 2.24) is 0 Å². The monoisotopic (exact) mass is 245 g/mol. The fourth-order valence-electron chi connectivity index (χ4n) is 0.642. The van der Waals surface area contributed by atoms with Crippen LogP contribution in [0.25, 0.3) is 5.32 Å². The predicted octanol–water partition coefficient (Wildman–Crippen LogP) is -2.40. The molecule has 1 heterocycles. The van der Waals surface area contributed by atoms with Crippen molar-refractivity contribution in [3.63, 3.8) is 0 Å². The Morgan fingerprint density at radius 1 is 1.11 bits per heavy atom. The predicted molar refractivity (Wildman–Crippen MR) is 27.2 cm³/mol. The first-order chi connectivity index (χ1) is 3.79. The standard InChI is InChI=1S/C5H7NO2.Cs/c7-4-2-1-3-5(8)6-4;/h1-3H2,(H,6,7,8);/q;+1/p-1. The molecular weight excluding hydrogens is 239 g/mol. The molecule has 0 N–H and O–H groups in total. The Kier molecular flexibility index (Phi) is 5.58. The number of nitrogens with zero attached hydrogens (tertiary/aromatic N) is 1. The van der Waals surface area contributed by atoms with Crippen molar-refractivity contribution in [2.75, 3.05) is 0 Å². The molecule has 44 valence electrons. The van der Waals surface area contributed by atoms with E-state index in [1.165, 1.54) is 0 Å². The SMILES string of the molecule is O=C1CCCC(=O)[N-]1.[Cs+]. The molecule has 4 heteroatoms. The third-order valence-corrected chi connectivity index (χ3v) is 1.03. The van der Waals surface area contributed by atoms with Crippen molar-refractivity contribution in [2.24, 2.45) is 0 Å². The van der Waals surface area contributed by atoms with E-state index in [1.807, 2.05) is 0 Å². The molecule has 1 aliphatic heterocycles. The van der Waals surface area contributed by atoms with E-state index in [2.05, 4.69) is 5.32 Å². The minimum atomic E-state index is -0.263. The fraction of sp³-hybridized carbons (Fsp3) is 0.600. The Balaban J connectivity index is 0.000000640. The van der Waals surface area contributed by atoms with Gasteiger partial charge in [0.05, 0.1) is 11.8 Å². The quantitative estimate of drug-likeness (QED) is 0.447. The summed E-state index contributed by atoms with van der Waals surface area (Å²) in [5.41, 5.74) is 0. The van der Waals surface area contributed by atoms with E-state index >= 15 is 0 Å². The molecule has 0 unspecified atom stereocenters. The molecule has 9 heavy (non-hydrogen) atoms. The first-order valence-corrected chi connectivity index (χ1v) is 2.56. The summed E-state index contributed by atoms with van der Waals surface area (Å²) in [6.07, 6.45) is 1.58. The van der Waals surface area contributed by atoms with Crippen LogP contribution in [0.3, 0.4) is 0 Å². The second-order valence-electron chi connectivity index (χ2n) is 1.75. The Labute approximate surface area is 112 Å². The third kappa shape index (κ3) is 3.80. The molecule has 1 aliphatic rings. The van der Waals surface area contributed by atoms with Gasteiger partial charge in [-0.25, -0.2) is 0 Å². The molecule has 0 radical (unpaired) electrons. The maximum Gasteiger partial charge on any atom is 1.00 e. The van der Waals surface area contributed by atoms with Gasteiger partial charge in [-0.1, -0.05) is 0 Å². The average molecular weight is 245 g/mol. The van der Waals surface area contributed by atoms with Crippen molar-refractivity contribution >= 4 is 11.8 Å². The van der Waals surface area contributed by atoms with Crippen LogP contribution in [-0.2, 0) is 9.59 Å². The molecule has 0 saturated carbocycles. The summed E-state index contributed by atoms with van der Waals surface area (Å²) >= 11 is 0. The molecule has 3 nitrogen and oxygen atoms in total. The molecular formula is C5H6CsNO2. The van der Waals surface area contributed by atoms with Crippen molar-refractivity contribution < 1.29 is 78.5 Å². The Bertz CT molecular complexity index is 121. The average Bonchev–Trinajstić information content (AvgIpc) is 1.64. The molecule has 0 bridgehead atoms. The number of hydrogen-bond acceptors (Lipinski definition) is 2. The second kappa shape index (κ2) is 4.92. The Hall–Kier alpha value is 1.19. The summed E-state index contributed by atoms with van der Waals surface area (Å²) in [7, 11) is 0. The van der Waals surface area contributed by atoms with Gasteiger partial charge in [0.25, 0.3) is 0 Å². The van der Waals surface area contributed by atoms with Crippen LogP contribution in [0.2, 0.25) is 0 Å². The fourth-order valence-corrected chi connectivity index (χ4v) is 0.642. The van der Waals surface area contributed by atoms with Crippen LogP contribution in [0.1, 0.15) is 19.3 Å². The van der Waals surface area contributed by atoms with E-state index in [4.69, 9.17) is 0 Å². The number of hydrogen-bond donors (Lipinski definition) is 0. The third-order valence-electron chi connectivity index (χ3n) is 1.03. The Morgan fingerprint density at radius 3 is 1.78 bits per heavy atom. The van der Waals surface area contributed by atoms with E-state index in [0.717, 1.165) is 0 Å². The largest absolute Gasteiger partial charge is 1.00 e. The summed E-state index contributed by atoms with van der Waals surface area (Å²) in [6, 6.07) is 0. The molecule has 1 fully saturated rings. The number of imide groups is 1. The zero-order valence-electron chi connectivity index (χ0n) is 5.39. The second-order valence-corrected chi connectivity index (χ2v) is 1.75. The van der Waals surface area contributed by atoms with Gasteiger partial charge in [0.1, 0.15) is 0 Å². The summed E-state index contributed by atoms with van der Waals surface area (Å²) in [6.45, 7) is 0. The molecule has 2 amide bonds. The van der Waals surface area contributed by atoms with Crippen molar-refractivity contribution in [3.05, 3.63) is 5.32 Å². The van der Waals surface area contributed by atoms with Crippen LogP contribution in [0.15, 0.2) is 0 Å². The van der Waals surface area contributed by atoms with Crippen LogP contribution >= 0.6 is 0 Å². The summed E-state index contributed by atoms with van der Waals surface area (Å²) < 4.78 is 0. The summed E-state index contributed by atoms with van der Waals surface area (Å²) in [5, 5.41) is 3.20. The van der Waals surface area contributed by atoms with Crippen LogP contribution in [-0.4, -0.2) is 11.8 Å². The van der Waals surface area contributed by atoms with Gasteiger partial charge in [0.2, 0.25) is 0 Å². The van der Waals surface area contributed by atoms with E-state index in [0.29, 0.717) is 19.3 Å². The molecule has 1 rings (SSSR count). The molecule has 0 aromatic heterocycles. The molecule has 0 aromatic rings. The topological polar surface area (TPSA) is 48.2 Å². The minimum absolute atomic E-state index is 0. The van der Waals surface area contributed by atoms with Gasteiger partial charge in [-0.05, 0) is 19.3 Å². The van der Waals surface area contributed by atoms with Gasteiger partial charge < -0.3 is 14.9 Å². The maximum absolute atomic E-state index is 10.3. The van der Waals surface area contributed by atoms with Crippen LogP contribution < -0.4 is 68.9 Å². The molecule has 0 aliphatic carbocycles. The van der Waals surface area contributed by atoms with Gasteiger partial charge >= 0.3 is 68.9 Å². The first kappa shape index (κ1) is 10.2. The summed E-state index contributed by atoms with van der Waals surface area (Å²) in [5.74, 6) is -0.525. The molecule has 0 spiro atoms. The molecule has 0 atom stereocenters. The van der Waals surface area contributed by atoms with Crippen LogP contribution in [0.4, 0.5) is 0 Å². The number of carbonyl (C=O) groups excluding carboxylic acids is 2. The van der Waals surface area contributed by atoms with Crippen LogP contribution in [0, 0.1) is 0 Å². The van der Waals surface area contributed by atoms with Crippen molar-refractivity contribution in [3.8, 4) is 0 Å². The summed E-state index contributed by atoms with van der Waals surface area (Å²) in [4.78, 5) is 20.6. The maximum atomic E-state index is 10.3. The van der Waals surface area contributed by atoms with E-state index < -0.39 is 0 Å².